The van der Waals surface area contributed by atoms with Gasteiger partial charge in [0, 0.05) is 10.9 Å². The lowest BCUT2D eigenvalue weighted by molar-refractivity contribution is -0.139. The molecule has 0 atom stereocenters. The molecule has 0 aliphatic carbocycles. The van der Waals surface area contributed by atoms with Gasteiger partial charge in [0.05, 0.1) is 24.1 Å². The number of rotatable bonds is 7. The summed E-state index contributed by atoms with van der Waals surface area (Å²) in [5.74, 6) is -1.10. The first kappa shape index (κ1) is 16.0. The van der Waals surface area contributed by atoms with Crippen molar-refractivity contribution in [2.45, 2.75) is 45.1 Å². The molecule has 1 amide bonds. The summed E-state index contributed by atoms with van der Waals surface area (Å²) in [4.78, 5) is 23.4. The summed E-state index contributed by atoms with van der Waals surface area (Å²) in [5, 5.41) is 19.9. The van der Waals surface area contributed by atoms with E-state index >= 15 is 0 Å². The quantitative estimate of drug-likeness (QED) is 0.731. The lowest BCUT2D eigenvalue weighted by Gasteiger charge is -2.31. The first-order valence-corrected chi connectivity index (χ1v) is 7.44. The molecule has 1 aromatic carbocycles. The Balaban J connectivity index is 2.12. The maximum absolute atomic E-state index is 12.3. The van der Waals surface area contributed by atoms with Crippen LogP contribution in [0.3, 0.4) is 0 Å². The van der Waals surface area contributed by atoms with Crippen LogP contribution in [0.15, 0.2) is 24.3 Å². The number of carboxylic acids is 1. The monoisotopic (exact) mass is 303 g/mol. The molecule has 6 heteroatoms. The van der Waals surface area contributed by atoms with E-state index < -0.39 is 11.5 Å². The van der Waals surface area contributed by atoms with Gasteiger partial charge in [0.25, 0.3) is 0 Å². The highest BCUT2D eigenvalue weighted by molar-refractivity contribution is 5.87. The van der Waals surface area contributed by atoms with Crippen molar-refractivity contribution in [3.05, 3.63) is 30.0 Å². The number of H-pyrrole nitrogens is 1. The maximum Gasteiger partial charge on any atom is 0.305 e. The van der Waals surface area contributed by atoms with Crippen LogP contribution in [0.2, 0.25) is 0 Å². The number of carboxylic acid groups (broad SMARTS) is 1. The van der Waals surface area contributed by atoms with Crippen LogP contribution in [0.5, 0.6) is 0 Å². The molecule has 0 radical (unpaired) electrons. The molecule has 0 saturated carbocycles. The molecular formula is C16H21N3O3. The van der Waals surface area contributed by atoms with Gasteiger partial charge in [0.15, 0.2) is 0 Å². The van der Waals surface area contributed by atoms with Crippen molar-refractivity contribution < 1.29 is 14.7 Å². The highest BCUT2D eigenvalue weighted by Gasteiger charge is 2.31. The Labute approximate surface area is 128 Å². The fourth-order valence-corrected chi connectivity index (χ4v) is 2.66. The van der Waals surface area contributed by atoms with Gasteiger partial charge < -0.3 is 10.4 Å². The lowest BCUT2D eigenvalue weighted by Crippen LogP contribution is -2.49. The van der Waals surface area contributed by atoms with Crippen LogP contribution >= 0.6 is 0 Å². The zero-order valence-corrected chi connectivity index (χ0v) is 12.8. The first-order valence-electron chi connectivity index (χ1n) is 7.44. The van der Waals surface area contributed by atoms with Gasteiger partial charge in [-0.2, -0.15) is 5.10 Å². The smallest absolute Gasteiger partial charge is 0.305 e. The van der Waals surface area contributed by atoms with Crippen LogP contribution < -0.4 is 5.32 Å². The third-order valence-electron chi connectivity index (χ3n) is 4.13. The van der Waals surface area contributed by atoms with E-state index in [9.17, 15) is 9.59 Å². The Morgan fingerprint density at radius 3 is 2.59 bits per heavy atom. The second-order valence-electron chi connectivity index (χ2n) is 5.50. The van der Waals surface area contributed by atoms with Gasteiger partial charge in [-0.3, -0.25) is 14.7 Å². The third kappa shape index (κ3) is 3.44. The molecule has 0 fully saturated rings. The van der Waals surface area contributed by atoms with E-state index in [1.165, 1.54) is 0 Å². The summed E-state index contributed by atoms with van der Waals surface area (Å²) in [6, 6.07) is 7.57. The molecule has 0 saturated heterocycles. The molecule has 0 aliphatic rings. The van der Waals surface area contributed by atoms with E-state index in [0.29, 0.717) is 12.8 Å². The number of benzene rings is 1. The molecule has 3 N–H and O–H groups in total. The molecule has 118 valence electrons. The van der Waals surface area contributed by atoms with Crippen LogP contribution in [0.1, 0.15) is 38.8 Å². The molecule has 2 aromatic rings. The molecule has 1 heterocycles. The highest BCUT2D eigenvalue weighted by Crippen LogP contribution is 2.21. The number of hydrogen-bond donors (Lipinski definition) is 3. The lowest BCUT2D eigenvalue weighted by atomic mass is 9.88. The van der Waals surface area contributed by atoms with Crippen LogP contribution in [0.25, 0.3) is 10.9 Å². The van der Waals surface area contributed by atoms with E-state index in [0.717, 1.165) is 16.6 Å². The van der Waals surface area contributed by atoms with Crippen molar-refractivity contribution in [1.29, 1.82) is 0 Å². The molecule has 2 rings (SSSR count). The Kier molecular flexibility index (Phi) is 4.80. The van der Waals surface area contributed by atoms with Gasteiger partial charge in [-0.05, 0) is 18.9 Å². The largest absolute Gasteiger partial charge is 0.481 e. The van der Waals surface area contributed by atoms with Crippen molar-refractivity contribution in [3.8, 4) is 0 Å². The average Bonchev–Trinajstić information content (AvgIpc) is 2.89. The van der Waals surface area contributed by atoms with Gasteiger partial charge in [0.2, 0.25) is 5.91 Å². The number of aromatic amines is 1. The van der Waals surface area contributed by atoms with Crippen molar-refractivity contribution in [1.82, 2.24) is 15.5 Å². The molecule has 6 nitrogen and oxygen atoms in total. The second-order valence-corrected chi connectivity index (χ2v) is 5.50. The normalized spacial score (nSPS) is 11.5. The summed E-state index contributed by atoms with van der Waals surface area (Å²) in [6.07, 6.45) is 1.23. The van der Waals surface area contributed by atoms with E-state index in [1.807, 2.05) is 38.1 Å². The fraction of sp³-hybridized carbons (Fsp3) is 0.438. The summed E-state index contributed by atoms with van der Waals surface area (Å²) >= 11 is 0. The second kappa shape index (κ2) is 6.60. The van der Waals surface area contributed by atoms with Crippen molar-refractivity contribution in [2.75, 3.05) is 0 Å². The average molecular weight is 303 g/mol. The summed E-state index contributed by atoms with van der Waals surface area (Å²) in [7, 11) is 0. The number of amides is 1. The number of fused-ring (bicyclic) bond motifs is 1. The Hall–Kier alpha value is -2.37. The van der Waals surface area contributed by atoms with E-state index in [4.69, 9.17) is 5.11 Å². The Morgan fingerprint density at radius 2 is 1.95 bits per heavy atom. The van der Waals surface area contributed by atoms with Crippen LogP contribution in [0, 0.1) is 0 Å². The van der Waals surface area contributed by atoms with Gasteiger partial charge in [0.1, 0.15) is 0 Å². The molecule has 1 aromatic heterocycles. The molecular weight excluding hydrogens is 282 g/mol. The summed E-state index contributed by atoms with van der Waals surface area (Å²) < 4.78 is 0. The van der Waals surface area contributed by atoms with Gasteiger partial charge >= 0.3 is 5.97 Å². The zero-order chi connectivity index (χ0) is 16.2. The van der Waals surface area contributed by atoms with E-state index in [-0.39, 0.29) is 18.7 Å². The minimum absolute atomic E-state index is 0.0739. The number of hydrogen-bond acceptors (Lipinski definition) is 3. The standard InChI is InChI=1S/C16H21N3O3/c1-3-16(4-2,10-15(21)22)17-14(20)9-13-11-7-5-6-8-12(11)18-19-13/h5-8H,3-4,9-10H2,1-2H3,(H,17,20)(H,18,19)(H,21,22). The fourth-order valence-electron chi connectivity index (χ4n) is 2.66. The minimum Gasteiger partial charge on any atom is -0.481 e. The number of para-hydroxylation sites is 1. The van der Waals surface area contributed by atoms with Crippen LogP contribution in [-0.4, -0.2) is 32.7 Å². The topological polar surface area (TPSA) is 95.1 Å². The van der Waals surface area contributed by atoms with Gasteiger partial charge in [-0.15, -0.1) is 0 Å². The first-order chi connectivity index (χ1) is 10.5. The summed E-state index contributed by atoms with van der Waals surface area (Å²) in [6.45, 7) is 3.77. The number of aliphatic carboxylic acids is 1. The Bertz CT molecular complexity index is 674. The van der Waals surface area contributed by atoms with E-state index in [1.54, 1.807) is 0 Å². The summed E-state index contributed by atoms with van der Waals surface area (Å²) in [5.41, 5.74) is 0.858. The predicted octanol–water partition coefficient (Wildman–Crippen LogP) is 2.26. The van der Waals surface area contributed by atoms with Gasteiger partial charge in [-0.1, -0.05) is 32.0 Å². The number of nitrogens with one attached hydrogen (secondary N) is 2. The SMILES string of the molecule is CCC(CC)(CC(=O)O)NC(=O)Cc1[nH]nc2ccccc12. The molecule has 0 aliphatic heterocycles. The molecule has 22 heavy (non-hydrogen) atoms. The van der Waals surface area contributed by atoms with Crippen molar-refractivity contribution in [2.24, 2.45) is 0 Å². The number of carbonyl (C=O) groups is 2. The predicted molar refractivity (Wildman–Crippen MR) is 83.5 cm³/mol. The minimum atomic E-state index is -0.906. The van der Waals surface area contributed by atoms with Crippen LogP contribution in [-0.2, 0) is 16.0 Å². The van der Waals surface area contributed by atoms with Crippen LogP contribution in [0.4, 0.5) is 0 Å². The number of nitrogens with zero attached hydrogens (tertiary/aromatic N) is 1. The molecule has 0 bridgehead atoms. The molecule has 0 unspecified atom stereocenters. The number of aromatic nitrogens is 2. The highest BCUT2D eigenvalue weighted by atomic mass is 16.4. The van der Waals surface area contributed by atoms with Gasteiger partial charge in [-0.25, -0.2) is 0 Å². The maximum atomic E-state index is 12.3. The van der Waals surface area contributed by atoms with Crippen molar-refractivity contribution in [3.63, 3.8) is 0 Å². The third-order valence-corrected chi connectivity index (χ3v) is 4.13. The van der Waals surface area contributed by atoms with E-state index in [2.05, 4.69) is 15.5 Å². The zero-order valence-electron chi connectivity index (χ0n) is 12.8. The number of carbonyl (C=O) groups excluding carboxylic acids is 1. The van der Waals surface area contributed by atoms with Crippen molar-refractivity contribution >= 4 is 22.8 Å². The molecule has 0 spiro atoms. The Morgan fingerprint density at radius 1 is 1.27 bits per heavy atom.